The molecule has 5 aromatic rings. The van der Waals surface area contributed by atoms with Gasteiger partial charge in [0, 0.05) is 16.5 Å². The summed E-state index contributed by atoms with van der Waals surface area (Å²) in [7, 11) is 0. The van der Waals surface area contributed by atoms with Crippen LogP contribution in [-0.4, -0.2) is 17.1 Å². The Morgan fingerprint density at radius 3 is 1.91 bits per heavy atom. The summed E-state index contributed by atoms with van der Waals surface area (Å²) in [6.45, 7) is 13.2. The van der Waals surface area contributed by atoms with Crippen LogP contribution >= 0.6 is 0 Å². The number of benzene rings is 4. The Bertz CT molecular complexity index is 1470. The number of para-hydroxylation sites is 1. The van der Waals surface area contributed by atoms with E-state index >= 15 is 0 Å². The molecule has 3 heteroatoms. The molecule has 0 atom stereocenters. The summed E-state index contributed by atoms with van der Waals surface area (Å²) >= 11 is 0. The second kappa shape index (κ2) is 8.73. The van der Waals surface area contributed by atoms with Crippen LogP contribution in [0.1, 0.15) is 34.6 Å². The maximum atomic E-state index is 6.59. The van der Waals surface area contributed by atoms with Crippen LogP contribution in [0.5, 0.6) is 0 Å². The summed E-state index contributed by atoms with van der Waals surface area (Å²) in [5, 5.41) is 2.52. The molecule has 0 amide bonds. The molecular weight excluding hydrogens is 425 g/mol. The number of hydrogen-bond donors (Lipinski definition) is 0. The van der Waals surface area contributed by atoms with E-state index < -0.39 is 0 Å². The van der Waals surface area contributed by atoms with Gasteiger partial charge in [-0.25, -0.2) is 0 Å². The summed E-state index contributed by atoms with van der Waals surface area (Å²) in [6, 6.07) is 34.9. The molecule has 0 radical (unpaired) electrons. The van der Waals surface area contributed by atoms with Gasteiger partial charge in [-0.15, -0.1) is 0 Å². The molecule has 0 saturated carbocycles. The molecule has 1 aromatic heterocycles. The molecule has 2 nitrogen and oxygen atoms in total. The van der Waals surface area contributed by atoms with Crippen LogP contribution in [0.4, 0.5) is 0 Å². The van der Waals surface area contributed by atoms with Crippen molar-refractivity contribution in [2.75, 3.05) is 0 Å². The van der Waals surface area contributed by atoms with E-state index in [4.69, 9.17) is 4.65 Å². The zero-order valence-corrected chi connectivity index (χ0v) is 21.7. The zero-order valence-electron chi connectivity index (χ0n) is 21.7. The van der Waals surface area contributed by atoms with Crippen LogP contribution in [-0.2, 0) is 4.65 Å². The summed E-state index contributed by atoms with van der Waals surface area (Å²) in [5.74, 6) is 0. The average molecular weight is 459 g/mol. The fourth-order valence-corrected chi connectivity index (χ4v) is 4.64. The van der Waals surface area contributed by atoms with Gasteiger partial charge in [0.1, 0.15) is 0 Å². The summed E-state index contributed by atoms with van der Waals surface area (Å²) in [4.78, 5) is 0. The van der Waals surface area contributed by atoms with Crippen molar-refractivity contribution in [1.82, 2.24) is 4.57 Å². The number of aromatic nitrogens is 1. The largest absolute Gasteiger partial charge is 0.426 e. The van der Waals surface area contributed by atoms with Crippen molar-refractivity contribution < 1.29 is 4.65 Å². The maximum absolute atomic E-state index is 6.59. The van der Waals surface area contributed by atoms with Crippen LogP contribution in [0.15, 0.2) is 97.1 Å². The number of fused-ring (bicyclic) bond motifs is 3. The standard InChI is InChI=1S/C32H34BNO/c1-31(2,3)32(4,5)35-33(6)25-18-21-30-28(22-25)27-14-10-11-15-29(27)34(30)26-19-16-24(17-20-26)23-12-8-7-9-13-23/h7-22H,1-6H3. The molecule has 0 unspecified atom stereocenters. The molecule has 0 fully saturated rings. The molecule has 0 aliphatic carbocycles. The Morgan fingerprint density at radius 2 is 1.23 bits per heavy atom. The summed E-state index contributed by atoms with van der Waals surface area (Å²) < 4.78 is 8.96. The van der Waals surface area contributed by atoms with Crippen LogP contribution in [0.25, 0.3) is 38.6 Å². The average Bonchev–Trinajstić information content (AvgIpc) is 3.17. The van der Waals surface area contributed by atoms with E-state index in [0.717, 1.165) is 0 Å². The van der Waals surface area contributed by atoms with Gasteiger partial charge in [-0.05, 0) is 60.1 Å². The van der Waals surface area contributed by atoms with E-state index in [0.29, 0.717) is 0 Å². The van der Waals surface area contributed by atoms with Crippen molar-refractivity contribution >= 4 is 34.2 Å². The molecule has 35 heavy (non-hydrogen) atoms. The zero-order chi connectivity index (χ0) is 24.8. The van der Waals surface area contributed by atoms with Gasteiger partial charge in [0.2, 0.25) is 0 Å². The molecule has 5 rings (SSSR count). The molecule has 0 N–H and O–H groups in total. The third kappa shape index (κ3) is 4.30. The fourth-order valence-electron chi connectivity index (χ4n) is 4.64. The minimum Gasteiger partial charge on any atom is -0.426 e. The van der Waals surface area contributed by atoms with Crippen LogP contribution < -0.4 is 5.46 Å². The Hall–Kier alpha value is -3.30. The number of rotatable bonds is 5. The molecule has 176 valence electrons. The quantitative estimate of drug-likeness (QED) is 0.242. The van der Waals surface area contributed by atoms with E-state index in [2.05, 4.69) is 143 Å². The Morgan fingerprint density at radius 1 is 0.629 bits per heavy atom. The maximum Gasteiger partial charge on any atom is 0.324 e. The highest BCUT2D eigenvalue weighted by Gasteiger charge is 2.36. The first-order valence-corrected chi connectivity index (χ1v) is 12.5. The highest BCUT2D eigenvalue weighted by atomic mass is 16.5. The highest BCUT2D eigenvalue weighted by molar-refractivity contribution is 6.66. The van der Waals surface area contributed by atoms with Gasteiger partial charge in [0.05, 0.1) is 16.6 Å². The first-order valence-electron chi connectivity index (χ1n) is 12.5. The third-order valence-electron chi connectivity index (χ3n) is 7.68. The molecule has 1 heterocycles. The Labute approximate surface area is 209 Å². The smallest absolute Gasteiger partial charge is 0.324 e. The molecule has 4 aromatic carbocycles. The predicted molar refractivity (Wildman–Crippen MR) is 152 cm³/mol. The van der Waals surface area contributed by atoms with E-state index in [-0.39, 0.29) is 17.9 Å². The third-order valence-corrected chi connectivity index (χ3v) is 7.68. The second-order valence-electron chi connectivity index (χ2n) is 11.1. The van der Waals surface area contributed by atoms with Crippen molar-refractivity contribution in [3.63, 3.8) is 0 Å². The van der Waals surface area contributed by atoms with Gasteiger partial charge in [0.15, 0.2) is 0 Å². The minimum atomic E-state index is -0.240. The van der Waals surface area contributed by atoms with Crippen molar-refractivity contribution in [1.29, 1.82) is 0 Å². The van der Waals surface area contributed by atoms with Crippen LogP contribution in [0.3, 0.4) is 0 Å². The first-order chi connectivity index (χ1) is 16.7. The fraction of sp³-hybridized carbons (Fsp3) is 0.250. The SMILES string of the molecule is CB(OC(C)(C)C(C)(C)C)c1ccc2c(c1)c1ccccc1n2-c1ccc(-c2ccccc2)cc1. The van der Waals surface area contributed by atoms with E-state index in [9.17, 15) is 0 Å². The lowest BCUT2D eigenvalue weighted by atomic mass is 9.61. The monoisotopic (exact) mass is 459 g/mol. The first kappa shape index (κ1) is 23.4. The van der Waals surface area contributed by atoms with Crippen LogP contribution in [0.2, 0.25) is 6.82 Å². The van der Waals surface area contributed by atoms with Crippen molar-refractivity contribution in [2.45, 2.75) is 47.0 Å². The predicted octanol–water partition coefficient (Wildman–Crippen LogP) is 8.12. The van der Waals surface area contributed by atoms with Crippen LogP contribution in [0, 0.1) is 5.41 Å². The normalized spacial score (nSPS) is 12.4. The summed E-state index contributed by atoms with van der Waals surface area (Å²) in [6.07, 6.45) is 0. The molecule has 0 spiro atoms. The minimum absolute atomic E-state index is 0.000827. The second-order valence-corrected chi connectivity index (χ2v) is 11.1. The molecule has 0 saturated heterocycles. The molecule has 0 aliphatic rings. The lowest BCUT2D eigenvalue weighted by Crippen LogP contribution is -2.46. The van der Waals surface area contributed by atoms with E-state index in [1.54, 1.807) is 0 Å². The lowest BCUT2D eigenvalue weighted by molar-refractivity contribution is 0.000454. The Balaban J connectivity index is 1.58. The van der Waals surface area contributed by atoms with Gasteiger partial charge in [-0.3, -0.25) is 0 Å². The van der Waals surface area contributed by atoms with E-state index in [1.165, 1.54) is 44.1 Å². The van der Waals surface area contributed by atoms with Gasteiger partial charge >= 0.3 is 6.92 Å². The van der Waals surface area contributed by atoms with Crippen molar-refractivity contribution in [3.8, 4) is 16.8 Å². The van der Waals surface area contributed by atoms with Gasteiger partial charge in [0.25, 0.3) is 0 Å². The number of hydrogen-bond acceptors (Lipinski definition) is 1. The Kier molecular flexibility index (Phi) is 5.85. The topological polar surface area (TPSA) is 14.2 Å². The lowest BCUT2D eigenvalue weighted by Gasteiger charge is -2.40. The van der Waals surface area contributed by atoms with E-state index in [1.807, 2.05) is 0 Å². The highest BCUT2D eigenvalue weighted by Crippen LogP contribution is 2.35. The van der Waals surface area contributed by atoms with Crippen molar-refractivity contribution in [3.05, 3.63) is 97.1 Å². The van der Waals surface area contributed by atoms with Gasteiger partial charge in [-0.1, -0.05) is 100 Å². The molecule has 0 bridgehead atoms. The van der Waals surface area contributed by atoms with Gasteiger partial charge < -0.3 is 9.22 Å². The molecule has 0 aliphatic heterocycles. The summed E-state index contributed by atoms with van der Waals surface area (Å²) in [5.41, 5.74) is 7.07. The molecular formula is C32H34BNO. The van der Waals surface area contributed by atoms with Gasteiger partial charge in [-0.2, -0.15) is 0 Å². The van der Waals surface area contributed by atoms with Crippen molar-refractivity contribution in [2.24, 2.45) is 5.41 Å². The number of nitrogens with zero attached hydrogens (tertiary/aromatic N) is 1.